The maximum Gasteiger partial charge on any atom is 0.326 e. The van der Waals surface area contributed by atoms with Gasteiger partial charge in [-0.2, -0.15) is 0 Å². The number of nitrogens with zero attached hydrogens (tertiary/aromatic N) is 1. The summed E-state index contributed by atoms with van der Waals surface area (Å²) in [6.45, 7) is 2.59. The number of hydrogen-bond acceptors (Lipinski definition) is 4. The summed E-state index contributed by atoms with van der Waals surface area (Å²) in [5.41, 5.74) is 0.655. The molecule has 1 saturated carbocycles. The van der Waals surface area contributed by atoms with Crippen LogP contribution in [0.3, 0.4) is 0 Å². The number of imidazole rings is 1. The Kier molecular flexibility index (Phi) is 5.15. The fraction of sp³-hybridized carbons (Fsp3) is 0.615. The van der Waals surface area contributed by atoms with Gasteiger partial charge in [-0.3, -0.25) is 0 Å². The number of nitrogens with one attached hydrogen (secondary N) is 3. The second-order valence-electron chi connectivity index (χ2n) is 5.04. The molecule has 1 unspecified atom stereocenters. The van der Waals surface area contributed by atoms with Crippen LogP contribution in [0.5, 0.6) is 0 Å². The van der Waals surface area contributed by atoms with Crippen molar-refractivity contribution in [3.63, 3.8) is 0 Å². The number of rotatable bonds is 7. The maximum atomic E-state index is 11.8. The van der Waals surface area contributed by atoms with E-state index in [2.05, 4.69) is 20.6 Å². The highest BCUT2D eigenvalue weighted by Crippen LogP contribution is 2.22. The third-order valence-corrected chi connectivity index (χ3v) is 3.41. The molecule has 0 aromatic carbocycles. The number of carboxylic acid groups (broad SMARTS) is 1. The smallest absolute Gasteiger partial charge is 0.326 e. The van der Waals surface area contributed by atoms with E-state index in [1.54, 1.807) is 0 Å². The van der Waals surface area contributed by atoms with Crippen molar-refractivity contribution in [2.24, 2.45) is 0 Å². The molecule has 1 aromatic heterocycles. The van der Waals surface area contributed by atoms with E-state index < -0.39 is 18.0 Å². The summed E-state index contributed by atoms with van der Waals surface area (Å²) in [7, 11) is 0. The Labute approximate surface area is 122 Å². The molecule has 8 nitrogen and oxygen atoms in total. The summed E-state index contributed by atoms with van der Waals surface area (Å²) in [4.78, 5) is 29.6. The SMILES string of the molecule is CCOC1CC(NC(=O)NC(Cc2cnc[nH]2)C(=O)O)C1. The van der Waals surface area contributed by atoms with Crippen LogP contribution in [0.15, 0.2) is 12.5 Å². The van der Waals surface area contributed by atoms with Gasteiger partial charge in [-0.15, -0.1) is 0 Å². The number of hydrogen-bond donors (Lipinski definition) is 4. The number of aromatic amines is 1. The molecule has 0 spiro atoms. The third-order valence-electron chi connectivity index (χ3n) is 3.41. The van der Waals surface area contributed by atoms with Crippen molar-refractivity contribution >= 4 is 12.0 Å². The molecule has 116 valence electrons. The standard InChI is InChI=1S/C13H20N4O4/c1-2-21-10-3-8(4-10)16-13(20)17-11(12(18)19)5-9-6-14-7-15-9/h6-8,10-11H,2-5H2,1H3,(H,14,15)(H,18,19)(H2,16,17,20). The van der Waals surface area contributed by atoms with E-state index in [-0.39, 0.29) is 18.6 Å². The zero-order valence-corrected chi connectivity index (χ0v) is 11.8. The van der Waals surface area contributed by atoms with Crippen LogP contribution in [0.2, 0.25) is 0 Å². The Balaban J connectivity index is 1.75. The lowest BCUT2D eigenvalue weighted by Gasteiger charge is -2.35. The highest BCUT2D eigenvalue weighted by molar-refractivity contribution is 5.82. The van der Waals surface area contributed by atoms with E-state index in [4.69, 9.17) is 9.84 Å². The Hall–Kier alpha value is -2.09. The second kappa shape index (κ2) is 7.07. The van der Waals surface area contributed by atoms with Crippen molar-refractivity contribution in [1.82, 2.24) is 20.6 Å². The number of aromatic nitrogens is 2. The number of carbonyl (C=O) groups excluding carboxylic acids is 1. The van der Waals surface area contributed by atoms with Gasteiger partial charge in [0.05, 0.1) is 12.4 Å². The third kappa shape index (κ3) is 4.45. The van der Waals surface area contributed by atoms with Gasteiger partial charge in [0.15, 0.2) is 0 Å². The molecule has 0 radical (unpaired) electrons. The molecule has 1 aliphatic rings. The molecule has 2 amide bonds. The summed E-state index contributed by atoms with van der Waals surface area (Å²) >= 11 is 0. The average molecular weight is 296 g/mol. The van der Waals surface area contributed by atoms with Crippen molar-refractivity contribution < 1.29 is 19.4 Å². The van der Waals surface area contributed by atoms with Gasteiger partial charge in [0.1, 0.15) is 6.04 Å². The zero-order chi connectivity index (χ0) is 15.2. The second-order valence-corrected chi connectivity index (χ2v) is 5.04. The van der Waals surface area contributed by atoms with Crippen LogP contribution in [0.1, 0.15) is 25.5 Å². The monoisotopic (exact) mass is 296 g/mol. The van der Waals surface area contributed by atoms with Crippen molar-refractivity contribution in [3.8, 4) is 0 Å². The number of amides is 2. The zero-order valence-electron chi connectivity index (χ0n) is 11.8. The Morgan fingerprint density at radius 2 is 2.33 bits per heavy atom. The van der Waals surface area contributed by atoms with Crippen molar-refractivity contribution in [3.05, 3.63) is 18.2 Å². The van der Waals surface area contributed by atoms with Gasteiger partial charge in [0.25, 0.3) is 0 Å². The first-order valence-electron chi connectivity index (χ1n) is 6.97. The van der Waals surface area contributed by atoms with E-state index in [0.29, 0.717) is 12.3 Å². The predicted octanol–water partition coefficient (Wildman–Crippen LogP) is 0.272. The summed E-state index contributed by atoms with van der Waals surface area (Å²) in [5, 5.41) is 14.4. The molecule has 21 heavy (non-hydrogen) atoms. The van der Waals surface area contributed by atoms with E-state index in [0.717, 1.165) is 12.8 Å². The lowest BCUT2D eigenvalue weighted by molar-refractivity contribution is -0.139. The molecule has 1 heterocycles. The van der Waals surface area contributed by atoms with E-state index >= 15 is 0 Å². The largest absolute Gasteiger partial charge is 0.480 e. The van der Waals surface area contributed by atoms with Crippen LogP contribution in [0, 0.1) is 0 Å². The minimum Gasteiger partial charge on any atom is -0.480 e. The quantitative estimate of drug-likeness (QED) is 0.576. The van der Waals surface area contributed by atoms with Crippen LogP contribution in [-0.4, -0.2) is 51.9 Å². The van der Waals surface area contributed by atoms with E-state index in [9.17, 15) is 9.59 Å². The van der Waals surface area contributed by atoms with Gasteiger partial charge in [-0.05, 0) is 19.8 Å². The van der Waals surface area contributed by atoms with Gasteiger partial charge in [0, 0.05) is 31.0 Å². The summed E-state index contributed by atoms with van der Waals surface area (Å²) in [6.07, 6.45) is 4.89. The number of carbonyl (C=O) groups is 2. The summed E-state index contributed by atoms with van der Waals surface area (Å²) in [5.74, 6) is -1.08. The Bertz CT molecular complexity index is 471. The minimum atomic E-state index is -1.08. The number of carboxylic acids is 1. The average Bonchev–Trinajstić information content (AvgIpc) is 2.88. The number of ether oxygens (including phenoxy) is 1. The van der Waals surface area contributed by atoms with Crippen molar-refractivity contribution in [1.29, 1.82) is 0 Å². The normalized spacial score (nSPS) is 22.1. The van der Waals surface area contributed by atoms with Gasteiger partial charge in [0.2, 0.25) is 0 Å². The van der Waals surface area contributed by atoms with Gasteiger partial charge in [-0.25, -0.2) is 14.6 Å². The summed E-state index contributed by atoms with van der Waals surface area (Å²) in [6, 6.07) is -1.42. The molecular weight excluding hydrogens is 276 g/mol. The molecule has 1 fully saturated rings. The Morgan fingerprint density at radius 3 is 2.90 bits per heavy atom. The van der Waals surface area contributed by atoms with Crippen molar-refractivity contribution in [2.75, 3.05) is 6.61 Å². The first kappa shape index (κ1) is 15.3. The molecule has 1 aromatic rings. The maximum absolute atomic E-state index is 11.8. The molecule has 1 atom stereocenters. The van der Waals surface area contributed by atoms with Gasteiger partial charge < -0.3 is 25.5 Å². The topological polar surface area (TPSA) is 116 Å². The van der Waals surface area contributed by atoms with E-state index in [1.807, 2.05) is 6.92 Å². The highest BCUT2D eigenvalue weighted by atomic mass is 16.5. The molecule has 2 rings (SSSR count). The molecule has 0 bridgehead atoms. The van der Waals surface area contributed by atoms with Crippen LogP contribution >= 0.6 is 0 Å². The van der Waals surface area contributed by atoms with E-state index in [1.165, 1.54) is 12.5 Å². The molecule has 8 heteroatoms. The fourth-order valence-electron chi connectivity index (χ4n) is 2.26. The van der Waals surface area contributed by atoms with Crippen LogP contribution in [0.25, 0.3) is 0 Å². The fourth-order valence-corrected chi connectivity index (χ4v) is 2.26. The van der Waals surface area contributed by atoms with Gasteiger partial charge in [-0.1, -0.05) is 0 Å². The molecule has 0 aliphatic heterocycles. The van der Waals surface area contributed by atoms with Gasteiger partial charge >= 0.3 is 12.0 Å². The predicted molar refractivity (Wildman–Crippen MR) is 73.8 cm³/mol. The minimum absolute atomic E-state index is 0.0446. The highest BCUT2D eigenvalue weighted by Gasteiger charge is 2.31. The molecule has 4 N–H and O–H groups in total. The number of H-pyrrole nitrogens is 1. The first-order chi connectivity index (χ1) is 10.1. The molecule has 0 saturated heterocycles. The molecule has 1 aliphatic carbocycles. The lowest BCUT2D eigenvalue weighted by atomic mass is 9.89. The van der Waals surface area contributed by atoms with Crippen LogP contribution in [-0.2, 0) is 16.0 Å². The summed E-state index contributed by atoms with van der Waals surface area (Å²) < 4.78 is 5.40. The number of urea groups is 1. The first-order valence-corrected chi connectivity index (χ1v) is 6.97. The van der Waals surface area contributed by atoms with Crippen LogP contribution in [0.4, 0.5) is 4.79 Å². The van der Waals surface area contributed by atoms with Crippen molar-refractivity contribution in [2.45, 2.75) is 44.4 Å². The van der Waals surface area contributed by atoms with Crippen LogP contribution < -0.4 is 10.6 Å². The number of aliphatic carboxylic acids is 1. The Morgan fingerprint density at radius 1 is 1.57 bits per heavy atom. The molecular formula is C13H20N4O4. The lowest BCUT2D eigenvalue weighted by Crippen LogP contribution is -2.54.